The molecule has 1 fully saturated rings. The number of benzene rings is 1. The Labute approximate surface area is 227 Å². The summed E-state index contributed by atoms with van der Waals surface area (Å²) < 4.78 is 22.3. The molecule has 0 radical (unpaired) electrons. The number of nitrogens with one attached hydrogen (secondary N) is 1. The maximum atomic E-state index is 13.4. The minimum atomic E-state index is -0.474. The van der Waals surface area contributed by atoms with Crippen molar-refractivity contribution in [2.45, 2.75) is 38.6 Å². The molecule has 2 aliphatic rings. The summed E-state index contributed by atoms with van der Waals surface area (Å²) in [6.45, 7) is 2.63. The van der Waals surface area contributed by atoms with Crippen LogP contribution in [0.2, 0.25) is 5.02 Å². The zero-order valence-corrected chi connectivity index (χ0v) is 23.1. The molecule has 1 N–H and O–H groups in total. The molecular weight excluding hydrogens is 512 g/mol. The van der Waals surface area contributed by atoms with Crippen molar-refractivity contribution in [2.75, 3.05) is 41.5 Å². The summed E-state index contributed by atoms with van der Waals surface area (Å²) in [5.74, 6) is 0.975. The Morgan fingerprint density at radius 3 is 2.18 bits per heavy atom. The molecule has 38 heavy (non-hydrogen) atoms. The van der Waals surface area contributed by atoms with Crippen LogP contribution in [0.15, 0.2) is 23.0 Å². The molecule has 4 rings (SSSR count). The predicted octanol–water partition coefficient (Wildman–Crippen LogP) is 3.76. The van der Waals surface area contributed by atoms with E-state index in [1.165, 1.54) is 34.5 Å². The Balaban J connectivity index is 1.83. The summed E-state index contributed by atoms with van der Waals surface area (Å²) in [7, 11) is 5.99. The highest BCUT2D eigenvalue weighted by atomic mass is 35.5. The van der Waals surface area contributed by atoms with E-state index in [2.05, 4.69) is 5.32 Å². The molecule has 2 amide bonds. The van der Waals surface area contributed by atoms with Gasteiger partial charge in [-0.05, 0) is 54.5 Å². The molecule has 0 saturated carbocycles. The molecule has 1 saturated heterocycles. The second-order valence-corrected chi connectivity index (χ2v) is 9.80. The zero-order chi connectivity index (χ0) is 27.6. The first-order valence-electron chi connectivity index (χ1n) is 12.5. The van der Waals surface area contributed by atoms with Crippen LogP contribution in [0.25, 0.3) is 11.1 Å². The lowest BCUT2D eigenvalue weighted by Gasteiger charge is -2.31. The third-order valence-electron chi connectivity index (χ3n) is 7.44. The van der Waals surface area contributed by atoms with Crippen molar-refractivity contribution >= 4 is 23.4 Å². The molecule has 0 unspecified atom stereocenters. The van der Waals surface area contributed by atoms with Crippen LogP contribution in [0.4, 0.5) is 0 Å². The molecular formula is C28H33ClN2O7. The van der Waals surface area contributed by atoms with Crippen molar-refractivity contribution in [1.29, 1.82) is 0 Å². The van der Waals surface area contributed by atoms with Crippen molar-refractivity contribution < 1.29 is 28.5 Å². The number of methoxy groups -OCH3 is 4. The first-order chi connectivity index (χ1) is 18.2. The number of halogens is 1. The van der Waals surface area contributed by atoms with Crippen LogP contribution in [0.1, 0.15) is 43.4 Å². The summed E-state index contributed by atoms with van der Waals surface area (Å²) in [6, 6.07) is 4.43. The lowest BCUT2D eigenvalue weighted by atomic mass is 9.93. The molecule has 0 aromatic heterocycles. The second kappa shape index (κ2) is 11.5. The molecule has 2 aromatic rings. The van der Waals surface area contributed by atoms with E-state index in [4.69, 9.17) is 30.5 Å². The number of rotatable bonds is 6. The fourth-order valence-electron chi connectivity index (χ4n) is 5.43. The highest BCUT2D eigenvalue weighted by Crippen LogP contribution is 2.54. The topological polar surface area (TPSA) is 103 Å². The number of hydrogen-bond donors (Lipinski definition) is 1. The van der Waals surface area contributed by atoms with Crippen LogP contribution in [-0.4, -0.2) is 58.2 Å². The molecule has 10 heteroatoms. The van der Waals surface area contributed by atoms with Crippen molar-refractivity contribution in [3.63, 3.8) is 0 Å². The predicted molar refractivity (Wildman–Crippen MR) is 144 cm³/mol. The third kappa shape index (κ3) is 4.99. The summed E-state index contributed by atoms with van der Waals surface area (Å²) in [6.07, 6.45) is 2.15. The highest BCUT2D eigenvalue weighted by Gasteiger charge is 2.34. The van der Waals surface area contributed by atoms with Crippen LogP contribution in [-0.2, 0) is 16.0 Å². The summed E-state index contributed by atoms with van der Waals surface area (Å²) in [5.41, 5.74) is 2.44. The summed E-state index contributed by atoms with van der Waals surface area (Å²) in [5, 5.41) is 3.57. The van der Waals surface area contributed by atoms with Crippen molar-refractivity contribution in [1.82, 2.24) is 10.2 Å². The molecule has 1 aliphatic carbocycles. The van der Waals surface area contributed by atoms with Crippen LogP contribution >= 0.6 is 11.6 Å². The normalized spacial score (nSPS) is 17.0. The number of nitrogens with zero attached hydrogens (tertiary/aromatic N) is 1. The average Bonchev–Trinajstić information content (AvgIpc) is 3.17. The van der Waals surface area contributed by atoms with Crippen LogP contribution in [0.3, 0.4) is 0 Å². The van der Waals surface area contributed by atoms with Gasteiger partial charge in [0.25, 0.3) is 0 Å². The van der Waals surface area contributed by atoms with Gasteiger partial charge in [-0.2, -0.15) is 0 Å². The second-order valence-electron chi connectivity index (χ2n) is 9.43. The monoisotopic (exact) mass is 544 g/mol. The number of fused-ring (bicyclic) bond motifs is 3. The lowest BCUT2D eigenvalue weighted by molar-refractivity contribution is -0.134. The standard InChI is InChI=1S/C28H33ClN2O7/c1-15(32)31-12-10-16(11-13-31)28(34)30-20-8-6-18-23(17-7-9-22(35-2)21(33)14-19(17)20)25(36-3)27(38-5)26(37-4)24(18)29/h7,9,14,16,20H,6,8,10-13H2,1-5H3,(H,30,34)/t20-/m0/s1. The molecule has 1 aliphatic heterocycles. The number of ether oxygens (including phenoxy) is 4. The number of carbonyl (C=O) groups is 2. The van der Waals surface area contributed by atoms with E-state index in [1.807, 2.05) is 0 Å². The zero-order valence-electron chi connectivity index (χ0n) is 22.3. The molecule has 9 nitrogen and oxygen atoms in total. The van der Waals surface area contributed by atoms with Gasteiger partial charge in [-0.3, -0.25) is 14.4 Å². The average molecular weight is 545 g/mol. The maximum Gasteiger partial charge on any atom is 0.223 e. The maximum absolute atomic E-state index is 13.4. The highest BCUT2D eigenvalue weighted by molar-refractivity contribution is 6.34. The van der Waals surface area contributed by atoms with Crippen molar-refractivity contribution in [3.05, 3.63) is 44.6 Å². The van der Waals surface area contributed by atoms with Gasteiger partial charge >= 0.3 is 0 Å². The van der Waals surface area contributed by atoms with Gasteiger partial charge in [0.15, 0.2) is 17.2 Å². The number of carbonyl (C=O) groups excluding carboxylic acids is 2. The van der Waals surface area contributed by atoms with Gasteiger partial charge in [0.1, 0.15) is 0 Å². The van der Waals surface area contributed by atoms with Crippen LogP contribution in [0, 0.1) is 5.92 Å². The Kier molecular flexibility index (Phi) is 8.35. The van der Waals surface area contributed by atoms with Gasteiger partial charge in [0, 0.05) is 31.5 Å². The van der Waals surface area contributed by atoms with E-state index in [0.717, 1.165) is 5.56 Å². The molecule has 1 heterocycles. The smallest absolute Gasteiger partial charge is 0.223 e. The summed E-state index contributed by atoms with van der Waals surface area (Å²) in [4.78, 5) is 39.9. The Bertz CT molecular complexity index is 1310. The molecule has 1 atom stereocenters. The quantitative estimate of drug-likeness (QED) is 0.590. The van der Waals surface area contributed by atoms with Gasteiger partial charge in [-0.1, -0.05) is 17.7 Å². The fourth-order valence-corrected chi connectivity index (χ4v) is 5.79. The van der Waals surface area contributed by atoms with Crippen LogP contribution < -0.4 is 29.7 Å². The first-order valence-corrected chi connectivity index (χ1v) is 12.9. The van der Waals surface area contributed by atoms with Gasteiger partial charge in [-0.15, -0.1) is 0 Å². The SMILES string of the molecule is COc1c(Cl)c2c(c(OC)c1OC)-c1ccc(OC)c(=O)cc1[C@@H](NC(=O)C1CCN(C(C)=O)CC1)CC2. The van der Waals surface area contributed by atoms with E-state index < -0.39 is 6.04 Å². The van der Waals surface area contributed by atoms with Crippen molar-refractivity contribution in [2.24, 2.45) is 5.92 Å². The number of hydrogen-bond acceptors (Lipinski definition) is 7. The number of likely N-dealkylation sites (tertiary alicyclic amines) is 1. The van der Waals surface area contributed by atoms with Crippen LogP contribution in [0.5, 0.6) is 23.0 Å². The molecule has 204 valence electrons. The van der Waals surface area contributed by atoms with Gasteiger partial charge in [0.2, 0.25) is 23.0 Å². The molecule has 2 aromatic carbocycles. The first kappa shape index (κ1) is 27.6. The van der Waals surface area contributed by atoms with Gasteiger partial charge in [-0.25, -0.2) is 0 Å². The third-order valence-corrected chi connectivity index (χ3v) is 7.83. The molecule has 0 spiro atoms. The Hall–Kier alpha value is -3.46. The molecule has 0 bridgehead atoms. The van der Waals surface area contributed by atoms with Gasteiger partial charge in [0.05, 0.1) is 39.5 Å². The Morgan fingerprint density at radius 2 is 1.61 bits per heavy atom. The Morgan fingerprint density at radius 1 is 0.947 bits per heavy atom. The minimum Gasteiger partial charge on any atom is -0.493 e. The minimum absolute atomic E-state index is 0.0143. The number of amides is 2. The van der Waals surface area contributed by atoms with E-state index in [9.17, 15) is 14.4 Å². The van der Waals surface area contributed by atoms with E-state index in [1.54, 1.807) is 24.0 Å². The van der Waals surface area contributed by atoms with E-state index in [0.29, 0.717) is 77.7 Å². The fraction of sp³-hybridized carbons (Fsp3) is 0.464. The van der Waals surface area contributed by atoms with E-state index >= 15 is 0 Å². The summed E-state index contributed by atoms with van der Waals surface area (Å²) >= 11 is 6.85. The largest absolute Gasteiger partial charge is 0.493 e. The number of piperidine rings is 1. The van der Waals surface area contributed by atoms with E-state index in [-0.39, 0.29) is 28.9 Å². The lowest BCUT2D eigenvalue weighted by Crippen LogP contribution is -2.43. The van der Waals surface area contributed by atoms with Crippen molar-refractivity contribution in [3.8, 4) is 34.1 Å². The van der Waals surface area contributed by atoms with Gasteiger partial charge < -0.3 is 29.2 Å².